The summed E-state index contributed by atoms with van der Waals surface area (Å²) >= 11 is 0. The molecule has 1 aliphatic heterocycles. The third-order valence-corrected chi connectivity index (χ3v) is 2.86. The molecular weight excluding hydrogens is 212 g/mol. The summed E-state index contributed by atoms with van der Waals surface area (Å²) < 4.78 is 0. The molecule has 1 amide bonds. The maximum Gasteiger partial charge on any atom is 0.256 e. The fourth-order valence-corrected chi connectivity index (χ4v) is 2.05. The number of fused-ring (bicyclic) bond motifs is 1. The fraction of sp³-hybridized carbons (Fsp3) is 0.0714. The molecule has 3 heteroatoms. The number of carbonyl (C=O) groups excluding carboxylic acids is 1. The Morgan fingerprint density at radius 2 is 1.94 bits per heavy atom. The van der Waals surface area contributed by atoms with Crippen molar-refractivity contribution in [2.24, 2.45) is 0 Å². The van der Waals surface area contributed by atoms with Gasteiger partial charge in [-0.2, -0.15) is 0 Å². The van der Waals surface area contributed by atoms with E-state index in [2.05, 4.69) is 10.3 Å². The van der Waals surface area contributed by atoms with Crippen molar-refractivity contribution >= 4 is 23.2 Å². The van der Waals surface area contributed by atoms with E-state index >= 15 is 0 Å². The third kappa shape index (κ3) is 1.65. The number of hydrogen-bond donors (Lipinski definition) is 2. The van der Waals surface area contributed by atoms with Gasteiger partial charge < -0.3 is 10.3 Å². The molecule has 1 aliphatic rings. The van der Waals surface area contributed by atoms with Gasteiger partial charge in [0.1, 0.15) is 0 Å². The third-order valence-electron chi connectivity index (χ3n) is 2.86. The van der Waals surface area contributed by atoms with Crippen LogP contribution in [-0.2, 0) is 4.79 Å². The van der Waals surface area contributed by atoms with Crippen LogP contribution in [-0.4, -0.2) is 10.9 Å². The molecule has 1 aromatic heterocycles. The van der Waals surface area contributed by atoms with Crippen LogP contribution < -0.4 is 5.32 Å². The summed E-state index contributed by atoms with van der Waals surface area (Å²) in [4.78, 5) is 15.0. The maximum atomic E-state index is 11.8. The average molecular weight is 224 g/mol. The van der Waals surface area contributed by atoms with E-state index < -0.39 is 0 Å². The Bertz CT molecular complexity index is 623. The largest absolute Gasteiger partial charge is 0.359 e. The van der Waals surface area contributed by atoms with Gasteiger partial charge in [0.25, 0.3) is 5.91 Å². The molecule has 0 atom stereocenters. The van der Waals surface area contributed by atoms with Crippen LogP contribution in [0.25, 0.3) is 11.6 Å². The first-order valence-electron chi connectivity index (χ1n) is 5.52. The molecule has 0 saturated heterocycles. The molecule has 3 nitrogen and oxygen atoms in total. The van der Waals surface area contributed by atoms with Gasteiger partial charge in [-0.05, 0) is 31.2 Å². The van der Waals surface area contributed by atoms with Gasteiger partial charge in [-0.3, -0.25) is 4.79 Å². The van der Waals surface area contributed by atoms with Crippen molar-refractivity contribution in [3.05, 3.63) is 53.3 Å². The number of benzene rings is 1. The Hall–Kier alpha value is -2.29. The van der Waals surface area contributed by atoms with Crippen molar-refractivity contribution in [1.29, 1.82) is 0 Å². The lowest BCUT2D eigenvalue weighted by molar-refractivity contribution is -0.110. The monoisotopic (exact) mass is 224 g/mol. The molecule has 2 N–H and O–H groups in total. The zero-order valence-electron chi connectivity index (χ0n) is 9.45. The van der Waals surface area contributed by atoms with Crippen molar-refractivity contribution in [3.8, 4) is 0 Å². The Balaban J connectivity index is 2.09. The number of aryl methyl sites for hydroxylation is 1. The minimum atomic E-state index is -0.0431. The van der Waals surface area contributed by atoms with Crippen LogP contribution in [0.2, 0.25) is 0 Å². The van der Waals surface area contributed by atoms with Crippen LogP contribution in [0.3, 0.4) is 0 Å². The van der Waals surface area contributed by atoms with Crippen molar-refractivity contribution in [2.45, 2.75) is 6.92 Å². The van der Waals surface area contributed by atoms with Crippen LogP contribution in [0.15, 0.2) is 36.4 Å². The Labute approximate surface area is 99.2 Å². The van der Waals surface area contributed by atoms with Crippen LogP contribution in [0, 0.1) is 6.92 Å². The predicted molar refractivity (Wildman–Crippen MR) is 68.5 cm³/mol. The number of aromatic nitrogens is 1. The van der Waals surface area contributed by atoms with Crippen LogP contribution in [0.5, 0.6) is 0 Å². The molecule has 84 valence electrons. The van der Waals surface area contributed by atoms with E-state index in [1.54, 1.807) is 0 Å². The van der Waals surface area contributed by atoms with E-state index in [1.165, 1.54) is 0 Å². The van der Waals surface area contributed by atoms with Gasteiger partial charge in [0.2, 0.25) is 0 Å². The standard InChI is InChI=1S/C14H12N2O/c1-9-6-7-10(15-9)8-12-11-4-2-3-5-13(11)16-14(12)17/h2-8,15H,1H3,(H,16,17)/b12-8-. The van der Waals surface area contributed by atoms with E-state index in [0.717, 1.165) is 22.6 Å². The second-order valence-electron chi connectivity index (χ2n) is 4.15. The normalized spacial score (nSPS) is 16.1. The summed E-state index contributed by atoms with van der Waals surface area (Å²) in [5.74, 6) is -0.0431. The van der Waals surface area contributed by atoms with Gasteiger partial charge in [0.15, 0.2) is 0 Å². The van der Waals surface area contributed by atoms with E-state index in [9.17, 15) is 4.79 Å². The highest BCUT2D eigenvalue weighted by Crippen LogP contribution is 2.32. The second kappa shape index (κ2) is 3.63. The molecule has 0 bridgehead atoms. The minimum Gasteiger partial charge on any atom is -0.359 e. The number of H-pyrrole nitrogens is 1. The maximum absolute atomic E-state index is 11.8. The molecule has 0 unspecified atom stereocenters. The van der Waals surface area contributed by atoms with Gasteiger partial charge in [-0.15, -0.1) is 0 Å². The topological polar surface area (TPSA) is 44.9 Å². The number of aromatic amines is 1. The minimum absolute atomic E-state index is 0.0431. The lowest BCUT2D eigenvalue weighted by atomic mass is 10.1. The van der Waals surface area contributed by atoms with E-state index in [1.807, 2.05) is 49.4 Å². The summed E-state index contributed by atoms with van der Waals surface area (Å²) in [5.41, 5.74) is 4.59. The highest BCUT2D eigenvalue weighted by Gasteiger charge is 2.23. The summed E-state index contributed by atoms with van der Waals surface area (Å²) in [6, 6.07) is 11.7. The molecule has 0 aliphatic carbocycles. The predicted octanol–water partition coefficient (Wildman–Crippen LogP) is 2.82. The van der Waals surface area contributed by atoms with Crippen LogP contribution >= 0.6 is 0 Å². The van der Waals surface area contributed by atoms with Crippen molar-refractivity contribution in [2.75, 3.05) is 5.32 Å². The average Bonchev–Trinajstić information content (AvgIpc) is 2.85. The van der Waals surface area contributed by atoms with Gasteiger partial charge in [0, 0.05) is 22.6 Å². The smallest absolute Gasteiger partial charge is 0.256 e. The molecule has 0 spiro atoms. The highest BCUT2D eigenvalue weighted by atomic mass is 16.2. The summed E-state index contributed by atoms with van der Waals surface area (Å²) in [7, 11) is 0. The van der Waals surface area contributed by atoms with E-state index in [-0.39, 0.29) is 5.91 Å². The van der Waals surface area contributed by atoms with Crippen molar-refractivity contribution in [3.63, 3.8) is 0 Å². The van der Waals surface area contributed by atoms with Gasteiger partial charge in [0.05, 0.1) is 5.57 Å². The lowest BCUT2D eigenvalue weighted by Gasteiger charge is -1.96. The number of carbonyl (C=O) groups is 1. The fourth-order valence-electron chi connectivity index (χ4n) is 2.05. The quantitative estimate of drug-likeness (QED) is 0.719. The Morgan fingerprint density at radius 1 is 1.12 bits per heavy atom. The first-order valence-corrected chi connectivity index (χ1v) is 5.52. The second-order valence-corrected chi connectivity index (χ2v) is 4.15. The summed E-state index contributed by atoms with van der Waals surface area (Å²) in [5, 5.41) is 2.85. The molecule has 17 heavy (non-hydrogen) atoms. The summed E-state index contributed by atoms with van der Waals surface area (Å²) in [6.07, 6.45) is 1.88. The first-order chi connectivity index (χ1) is 8.24. The number of anilines is 1. The lowest BCUT2D eigenvalue weighted by Crippen LogP contribution is -2.03. The number of amides is 1. The van der Waals surface area contributed by atoms with Crippen molar-refractivity contribution < 1.29 is 4.79 Å². The number of hydrogen-bond acceptors (Lipinski definition) is 1. The van der Waals surface area contributed by atoms with Gasteiger partial charge >= 0.3 is 0 Å². The number of para-hydroxylation sites is 1. The van der Waals surface area contributed by atoms with Crippen LogP contribution in [0.4, 0.5) is 5.69 Å². The molecule has 0 saturated carbocycles. The number of rotatable bonds is 1. The Kier molecular flexibility index (Phi) is 2.11. The van der Waals surface area contributed by atoms with Crippen LogP contribution in [0.1, 0.15) is 17.0 Å². The molecule has 0 radical (unpaired) electrons. The molecule has 2 heterocycles. The molecule has 1 aromatic carbocycles. The zero-order chi connectivity index (χ0) is 11.8. The van der Waals surface area contributed by atoms with Crippen molar-refractivity contribution in [1.82, 2.24) is 4.98 Å². The number of nitrogens with one attached hydrogen (secondary N) is 2. The zero-order valence-corrected chi connectivity index (χ0v) is 9.45. The van der Waals surface area contributed by atoms with Gasteiger partial charge in [-0.25, -0.2) is 0 Å². The summed E-state index contributed by atoms with van der Waals surface area (Å²) in [6.45, 7) is 1.99. The molecule has 3 rings (SSSR count). The molecule has 0 fully saturated rings. The van der Waals surface area contributed by atoms with E-state index in [0.29, 0.717) is 5.57 Å². The first kappa shape index (κ1) is 9.90. The molecule has 2 aromatic rings. The van der Waals surface area contributed by atoms with E-state index in [4.69, 9.17) is 0 Å². The highest BCUT2D eigenvalue weighted by molar-refractivity contribution is 6.34. The SMILES string of the molecule is Cc1ccc(/C=C2\C(=O)Nc3ccccc32)[nH]1. The van der Waals surface area contributed by atoms with Gasteiger partial charge in [-0.1, -0.05) is 18.2 Å². The Morgan fingerprint density at radius 3 is 2.71 bits per heavy atom. The molecular formula is C14H12N2O.